The van der Waals surface area contributed by atoms with Gasteiger partial charge in [0.25, 0.3) is 5.91 Å². The van der Waals surface area contributed by atoms with E-state index in [9.17, 15) is 4.79 Å². The van der Waals surface area contributed by atoms with E-state index in [2.05, 4.69) is 5.10 Å². The number of rotatable bonds is 5. The van der Waals surface area contributed by atoms with E-state index >= 15 is 0 Å². The molecule has 7 heteroatoms. The fraction of sp³-hybridized carbons (Fsp3) is 0.211. The molecule has 0 atom stereocenters. The largest absolute Gasteiger partial charge is 0.497 e. The molecular weight excluding hydrogens is 348 g/mol. The quantitative estimate of drug-likeness (QED) is 0.600. The molecule has 1 aliphatic rings. The van der Waals surface area contributed by atoms with Gasteiger partial charge in [-0.1, -0.05) is 12.1 Å². The summed E-state index contributed by atoms with van der Waals surface area (Å²) in [6, 6.07) is 15.3. The molecule has 0 aliphatic carbocycles. The molecule has 1 amide bonds. The van der Waals surface area contributed by atoms with Crippen LogP contribution in [0.15, 0.2) is 53.6 Å². The summed E-state index contributed by atoms with van der Waals surface area (Å²) >= 11 is 5.43. The Balaban J connectivity index is 1.74. The first-order valence-corrected chi connectivity index (χ1v) is 8.50. The molecule has 134 valence electrons. The van der Waals surface area contributed by atoms with Crippen molar-refractivity contribution in [2.45, 2.75) is 0 Å². The number of hydrogen-bond donors (Lipinski definition) is 0. The number of amides is 1. The van der Waals surface area contributed by atoms with Gasteiger partial charge < -0.3 is 14.5 Å². The van der Waals surface area contributed by atoms with Gasteiger partial charge in [0.05, 0.1) is 13.3 Å². The summed E-state index contributed by atoms with van der Waals surface area (Å²) in [4.78, 5) is 16.1. The van der Waals surface area contributed by atoms with Crippen molar-refractivity contribution in [1.29, 1.82) is 0 Å². The van der Waals surface area contributed by atoms with Crippen LogP contribution < -0.4 is 14.5 Å². The van der Waals surface area contributed by atoms with Crippen molar-refractivity contribution in [3.05, 3.63) is 54.1 Å². The number of carbonyl (C=O) groups excluding carboxylic acids is 1. The molecule has 0 bridgehead atoms. The third-order valence-electron chi connectivity index (χ3n) is 4.06. The molecule has 1 heterocycles. The van der Waals surface area contributed by atoms with Gasteiger partial charge in [0.15, 0.2) is 0 Å². The van der Waals surface area contributed by atoms with Crippen LogP contribution in [0.2, 0.25) is 0 Å². The minimum Gasteiger partial charge on any atom is -0.497 e. The molecule has 2 aromatic carbocycles. The highest BCUT2D eigenvalue weighted by atomic mass is 32.1. The SMILES string of the molecule is COc1ccc(N2CC(=O)N(/N=C/c3ccc(N(C)C)cc3)C2=S)cc1. The van der Waals surface area contributed by atoms with Gasteiger partial charge in [0.1, 0.15) is 12.3 Å². The predicted octanol–water partition coefficient (Wildman–Crippen LogP) is 2.73. The van der Waals surface area contributed by atoms with Crippen LogP contribution in [0.5, 0.6) is 5.75 Å². The molecule has 0 saturated carbocycles. The van der Waals surface area contributed by atoms with Gasteiger partial charge >= 0.3 is 0 Å². The average molecular weight is 368 g/mol. The number of hydrogen-bond acceptors (Lipinski definition) is 5. The molecule has 1 aliphatic heterocycles. The van der Waals surface area contributed by atoms with Crippen LogP contribution in [0, 0.1) is 0 Å². The maximum atomic E-state index is 12.3. The number of methoxy groups -OCH3 is 1. The highest BCUT2D eigenvalue weighted by molar-refractivity contribution is 7.80. The Bertz CT molecular complexity index is 832. The molecular formula is C19H20N4O2S. The van der Waals surface area contributed by atoms with Crippen molar-refractivity contribution >= 4 is 40.8 Å². The lowest BCUT2D eigenvalue weighted by Crippen LogP contribution is -2.29. The van der Waals surface area contributed by atoms with Crippen LogP contribution in [0.3, 0.4) is 0 Å². The third kappa shape index (κ3) is 3.67. The van der Waals surface area contributed by atoms with Gasteiger partial charge in [0, 0.05) is 25.5 Å². The molecule has 1 saturated heterocycles. The lowest BCUT2D eigenvalue weighted by atomic mass is 10.2. The zero-order valence-electron chi connectivity index (χ0n) is 14.9. The predicted molar refractivity (Wildman–Crippen MR) is 108 cm³/mol. The maximum Gasteiger partial charge on any atom is 0.269 e. The number of hydrazone groups is 1. The second kappa shape index (κ2) is 7.53. The minimum absolute atomic E-state index is 0.160. The Kier molecular flexibility index (Phi) is 5.18. The van der Waals surface area contributed by atoms with Gasteiger partial charge in [-0.2, -0.15) is 10.1 Å². The zero-order valence-corrected chi connectivity index (χ0v) is 15.7. The van der Waals surface area contributed by atoms with Crippen LogP contribution in [-0.4, -0.2) is 50.0 Å². The second-order valence-electron chi connectivity index (χ2n) is 6.00. The molecule has 0 N–H and O–H groups in total. The van der Waals surface area contributed by atoms with Crippen LogP contribution in [0.25, 0.3) is 0 Å². The standard InChI is InChI=1S/C19H20N4O2S/c1-21(2)15-6-4-14(5-7-15)12-20-23-18(24)13-22(19(23)26)16-8-10-17(25-3)11-9-16/h4-12H,13H2,1-3H3/b20-12+. The Labute approximate surface area is 158 Å². The number of anilines is 2. The van der Waals surface area contributed by atoms with E-state index in [-0.39, 0.29) is 12.5 Å². The first kappa shape index (κ1) is 17.9. The highest BCUT2D eigenvalue weighted by Gasteiger charge is 2.33. The van der Waals surface area contributed by atoms with E-state index in [1.165, 1.54) is 5.01 Å². The van der Waals surface area contributed by atoms with E-state index in [0.717, 1.165) is 22.7 Å². The van der Waals surface area contributed by atoms with E-state index in [4.69, 9.17) is 17.0 Å². The van der Waals surface area contributed by atoms with Gasteiger partial charge in [-0.15, -0.1) is 0 Å². The first-order chi connectivity index (χ1) is 12.5. The van der Waals surface area contributed by atoms with Crippen LogP contribution in [0.4, 0.5) is 11.4 Å². The van der Waals surface area contributed by atoms with E-state index < -0.39 is 0 Å². The average Bonchev–Trinajstić information content (AvgIpc) is 2.94. The van der Waals surface area contributed by atoms with E-state index in [1.807, 2.05) is 67.5 Å². The molecule has 0 unspecified atom stereocenters. The van der Waals surface area contributed by atoms with Gasteiger partial charge in [0.2, 0.25) is 5.11 Å². The lowest BCUT2D eigenvalue weighted by Gasteiger charge is -2.17. The first-order valence-electron chi connectivity index (χ1n) is 8.09. The Morgan fingerprint density at radius 2 is 1.77 bits per heavy atom. The van der Waals surface area contributed by atoms with Crippen molar-refractivity contribution < 1.29 is 9.53 Å². The van der Waals surface area contributed by atoms with Crippen molar-refractivity contribution in [3.63, 3.8) is 0 Å². The number of carbonyl (C=O) groups is 1. The number of ether oxygens (including phenoxy) is 1. The summed E-state index contributed by atoms with van der Waals surface area (Å²) in [5.74, 6) is 0.591. The normalized spacial score (nSPS) is 14.4. The van der Waals surface area contributed by atoms with Crippen LogP contribution in [-0.2, 0) is 4.79 Å². The van der Waals surface area contributed by atoms with Crippen molar-refractivity contribution in [1.82, 2.24) is 5.01 Å². The van der Waals surface area contributed by atoms with Crippen molar-refractivity contribution in [2.24, 2.45) is 5.10 Å². The van der Waals surface area contributed by atoms with Crippen molar-refractivity contribution in [3.8, 4) is 5.75 Å². The molecule has 0 spiro atoms. The second-order valence-corrected chi connectivity index (χ2v) is 6.37. The summed E-state index contributed by atoms with van der Waals surface area (Å²) in [6.07, 6.45) is 1.64. The van der Waals surface area contributed by atoms with Gasteiger partial charge in [-0.3, -0.25) is 4.79 Å². The number of benzene rings is 2. The monoisotopic (exact) mass is 368 g/mol. The third-order valence-corrected chi connectivity index (χ3v) is 4.45. The molecule has 3 rings (SSSR count). The molecule has 2 aromatic rings. The summed E-state index contributed by atoms with van der Waals surface area (Å²) < 4.78 is 5.16. The molecule has 26 heavy (non-hydrogen) atoms. The maximum absolute atomic E-state index is 12.3. The number of thiocarbonyl (C=S) groups is 1. The summed E-state index contributed by atoms with van der Waals surface area (Å²) in [6.45, 7) is 0.169. The van der Waals surface area contributed by atoms with Gasteiger partial charge in [-0.25, -0.2) is 0 Å². The highest BCUT2D eigenvalue weighted by Crippen LogP contribution is 2.24. The lowest BCUT2D eigenvalue weighted by molar-refractivity contribution is -0.124. The smallest absolute Gasteiger partial charge is 0.269 e. The van der Waals surface area contributed by atoms with Crippen LogP contribution in [0.1, 0.15) is 5.56 Å². The molecule has 1 fully saturated rings. The Morgan fingerprint density at radius 3 is 2.35 bits per heavy atom. The van der Waals surface area contributed by atoms with Crippen LogP contribution >= 0.6 is 12.2 Å². The van der Waals surface area contributed by atoms with Gasteiger partial charge in [-0.05, 0) is 54.2 Å². The Hall–Kier alpha value is -2.93. The topological polar surface area (TPSA) is 48.4 Å². The number of nitrogens with zero attached hydrogens (tertiary/aromatic N) is 4. The fourth-order valence-corrected chi connectivity index (χ4v) is 2.87. The summed E-state index contributed by atoms with van der Waals surface area (Å²) in [5, 5.41) is 5.90. The van der Waals surface area contributed by atoms with E-state index in [1.54, 1.807) is 18.2 Å². The fourth-order valence-electron chi connectivity index (χ4n) is 2.55. The molecule has 0 aromatic heterocycles. The summed E-state index contributed by atoms with van der Waals surface area (Å²) in [5.41, 5.74) is 2.83. The van der Waals surface area contributed by atoms with Crippen molar-refractivity contribution in [2.75, 3.05) is 37.5 Å². The molecule has 0 radical (unpaired) electrons. The minimum atomic E-state index is -0.160. The Morgan fingerprint density at radius 1 is 1.12 bits per heavy atom. The molecule has 6 nitrogen and oxygen atoms in total. The van der Waals surface area contributed by atoms with E-state index in [0.29, 0.717) is 5.11 Å². The zero-order chi connectivity index (χ0) is 18.7. The summed E-state index contributed by atoms with van der Waals surface area (Å²) in [7, 11) is 5.58.